The van der Waals surface area contributed by atoms with Crippen molar-refractivity contribution in [1.29, 1.82) is 0 Å². The maximum absolute atomic E-state index is 12.6. The largest absolute Gasteiger partial charge is 0.377 e. The molecule has 0 unspecified atom stereocenters. The van der Waals surface area contributed by atoms with Crippen LogP contribution in [-0.2, 0) is 10.0 Å². The fraction of sp³-hybridized carbons (Fsp3) is 0.125. The second-order valence-electron chi connectivity index (χ2n) is 8.16. The lowest BCUT2D eigenvalue weighted by atomic mass is 10.1. The number of nitro benzene ring substituents is 1. The van der Waals surface area contributed by atoms with Gasteiger partial charge in [-0.15, -0.1) is 0 Å². The van der Waals surface area contributed by atoms with Crippen molar-refractivity contribution in [3.8, 4) is 22.8 Å². The van der Waals surface area contributed by atoms with Crippen molar-refractivity contribution < 1.29 is 22.7 Å². The van der Waals surface area contributed by atoms with Crippen LogP contribution >= 0.6 is 0 Å². The van der Waals surface area contributed by atoms with Crippen molar-refractivity contribution in [2.75, 3.05) is 5.32 Å². The van der Waals surface area contributed by atoms with Crippen molar-refractivity contribution in [3.05, 3.63) is 88.5 Å². The first-order valence-corrected chi connectivity index (χ1v) is 12.4. The average Bonchev–Trinajstić information content (AvgIpc) is 3.56. The first-order valence-electron chi connectivity index (χ1n) is 10.9. The molecule has 1 aromatic heterocycles. The van der Waals surface area contributed by atoms with Gasteiger partial charge in [-0.3, -0.25) is 14.9 Å². The van der Waals surface area contributed by atoms with Crippen LogP contribution in [0.25, 0.3) is 22.8 Å². The van der Waals surface area contributed by atoms with Gasteiger partial charge in [-0.25, -0.2) is 13.1 Å². The number of hydrogen-bond donors (Lipinski definition) is 2. The molecule has 4 aromatic rings. The van der Waals surface area contributed by atoms with E-state index in [1.165, 1.54) is 30.3 Å². The van der Waals surface area contributed by atoms with Gasteiger partial charge in [0.2, 0.25) is 5.82 Å². The zero-order valence-corrected chi connectivity index (χ0v) is 19.4. The van der Waals surface area contributed by atoms with Crippen LogP contribution in [0, 0.1) is 10.1 Å². The highest BCUT2D eigenvalue weighted by molar-refractivity contribution is 7.90. The minimum Gasteiger partial charge on any atom is -0.377 e. The first kappa shape index (κ1) is 23.2. The second-order valence-corrected chi connectivity index (χ2v) is 9.84. The molecule has 1 heterocycles. The molecule has 1 saturated carbocycles. The summed E-state index contributed by atoms with van der Waals surface area (Å²) in [5, 5.41) is 18.6. The van der Waals surface area contributed by atoms with Gasteiger partial charge in [0.05, 0.1) is 9.82 Å². The summed E-state index contributed by atoms with van der Waals surface area (Å²) in [5.41, 5.74) is 1.16. The van der Waals surface area contributed by atoms with Crippen molar-refractivity contribution in [3.63, 3.8) is 0 Å². The molecule has 182 valence electrons. The van der Waals surface area contributed by atoms with Crippen molar-refractivity contribution in [1.82, 2.24) is 14.9 Å². The highest BCUT2D eigenvalue weighted by atomic mass is 32.2. The number of carbonyl (C=O) groups is 1. The normalized spacial score (nSPS) is 13.2. The number of hydrogen-bond acceptors (Lipinski definition) is 9. The standard InChI is InChI=1S/C24H19N5O6S/c30-23(28-36(33,34)19-7-2-1-3-8-19)16-6-4-5-15(13-16)22-26-24(35-27-22)17-9-12-20(25-18-10-11-18)21(14-17)29(31)32/h1-9,12-14,18,25H,10-11H2,(H,28,30). The van der Waals surface area contributed by atoms with E-state index < -0.39 is 20.9 Å². The van der Waals surface area contributed by atoms with E-state index in [9.17, 15) is 23.3 Å². The molecule has 11 nitrogen and oxygen atoms in total. The number of rotatable bonds is 8. The van der Waals surface area contributed by atoms with Crippen LogP contribution in [-0.4, -0.2) is 35.4 Å². The predicted octanol–water partition coefficient (Wildman–Crippen LogP) is 4.00. The number of carbonyl (C=O) groups excluding carboxylic acids is 1. The van der Waals surface area contributed by atoms with Crippen molar-refractivity contribution in [2.24, 2.45) is 0 Å². The number of nitrogens with zero attached hydrogens (tertiary/aromatic N) is 3. The third-order valence-electron chi connectivity index (χ3n) is 5.47. The summed E-state index contributed by atoms with van der Waals surface area (Å²) < 4.78 is 32.3. The highest BCUT2D eigenvalue weighted by Gasteiger charge is 2.26. The monoisotopic (exact) mass is 505 g/mol. The Morgan fingerprint density at radius 3 is 2.50 bits per heavy atom. The van der Waals surface area contributed by atoms with Crippen LogP contribution in [0.2, 0.25) is 0 Å². The molecular weight excluding hydrogens is 486 g/mol. The fourth-order valence-electron chi connectivity index (χ4n) is 3.48. The number of nitrogens with one attached hydrogen (secondary N) is 2. The summed E-state index contributed by atoms with van der Waals surface area (Å²) in [6.07, 6.45) is 1.95. The van der Waals surface area contributed by atoms with Crippen LogP contribution in [0.1, 0.15) is 23.2 Å². The van der Waals surface area contributed by atoms with Crippen LogP contribution in [0.4, 0.5) is 11.4 Å². The van der Waals surface area contributed by atoms with E-state index in [1.807, 2.05) is 4.72 Å². The lowest BCUT2D eigenvalue weighted by Crippen LogP contribution is -2.30. The van der Waals surface area contributed by atoms with Gasteiger partial charge >= 0.3 is 0 Å². The summed E-state index contributed by atoms with van der Waals surface area (Å²) in [5.74, 6) is -0.625. The SMILES string of the molecule is O=C(NS(=O)(=O)c1ccccc1)c1cccc(-c2noc(-c3ccc(NC4CC4)c([N+](=O)[O-])c3)n2)c1. The molecule has 36 heavy (non-hydrogen) atoms. The van der Waals surface area contributed by atoms with E-state index in [-0.39, 0.29) is 33.9 Å². The Labute approximate surface area is 205 Å². The van der Waals surface area contributed by atoms with Crippen molar-refractivity contribution in [2.45, 2.75) is 23.8 Å². The van der Waals surface area contributed by atoms with Crippen LogP contribution in [0.5, 0.6) is 0 Å². The maximum Gasteiger partial charge on any atom is 0.293 e. The smallest absolute Gasteiger partial charge is 0.293 e. The van der Waals surface area contributed by atoms with Crippen molar-refractivity contribution >= 4 is 27.3 Å². The molecule has 5 rings (SSSR count). The summed E-state index contributed by atoms with van der Waals surface area (Å²) in [7, 11) is -4.05. The quantitative estimate of drug-likeness (QED) is 0.267. The lowest BCUT2D eigenvalue weighted by Gasteiger charge is -2.07. The number of anilines is 1. The number of sulfonamides is 1. The number of benzene rings is 3. The molecule has 1 aliphatic rings. The Morgan fingerprint density at radius 2 is 1.78 bits per heavy atom. The maximum atomic E-state index is 12.6. The molecule has 0 bridgehead atoms. The van der Waals surface area contributed by atoms with Crippen LogP contribution < -0.4 is 10.0 Å². The van der Waals surface area contributed by atoms with E-state index >= 15 is 0 Å². The average molecular weight is 506 g/mol. The van der Waals surface area contributed by atoms with Gasteiger partial charge in [-0.05, 0) is 49.2 Å². The summed E-state index contributed by atoms with van der Waals surface area (Å²) in [6.45, 7) is 0. The second kappa shape index (κ2) is 9.23. The predicted molar refractivity (Wildman–Crippen MR) is 130 cm³/mol. The van der Waals surface area contributed by atoms with E-state index in [0.29, 0.717) is 16.8 Å². The molecular formula is C24H19N5O6S. The van der Waals surface area contributed by atoms with Gasteiger partial charge in [-0.1, -0.05) is 35.5 Å². The topological polar surface area (TPSA) is 157 Å². The minimum atomic E-state index is -4.05. The lowest BCUT2D eigenvalue weighted by molar-refractivity contribution is -0.383. The van der Waals surface area contributed by atoms with Gasteiger partial charge in [0, 0.05) is 28.8 Å². The van der Waals surface area contributed by atoms with Gasteiger partial charge in [0.15, 0.2) is 0 Å². The van der Waals surface area contributed by atoms with Gasteiger partial charge in [0.1, 0.15) is 5.69 Å². The Hall–Kier alpha value is -4.58. The van der Waals surface area contributed by atoms with Gasteiger partial charge < -0.3 is 9.84 Å². The number of aromatic nitrogens is 2. The molecule has 1 amide bonds. The molecule has 0 atom stereocenters. The number of amides is 1. The fourth-order valence-corrected chi connectivity index (χ4v) is 4.48. The molecule has 0 spiro atoms. The molecule has 2 N–H and O–H groups in total. The molecule has 0 radical (unpaired) electrons. The van der Waals surface area contributed by atoms with Gasteiger partial charge in [-0.2, -0.15) is 4.98 Å². The first-order chi connectivity index (χ1) is 17.3. The van der Waals surface area contributed by atoms with E-state index in [4.69, 9.17) is 4.52 Å². The molecule has 1 aliphatic carbocycles. The Bertz CT molecular complexity index is 1560. The van der Waals surface area contributed by atoms with E-state index in [0.717, 1.165) is 12.8 Å². The Morgan fingerprint density at radius 1 is 1.00 bits per heavy atom. The molecule has 1 fully saturated rings. The highest BCUT2D eigenvalue weighted by Crippen LogP contribution is 2.34. The Kier molecular flexibility index (Phi) is 5.94. The zero-order valence-electron chi connectivity index (χ0n) is 18.6. The van der Waals surface area contributed by atoms with Gasteiger partial charge in [0.25, 0.3) is 27.5 Å². The number of nitro groups is 1. The molecule has 12 heteroatoms. The summed E-state index contributed by atoms with van der Waals surface area (Å²) in [4.78, 5) is 28.0. The third kappa shape index (κ3) is 4.93. The molecule has 3 aromatic carbocycles. The van der Waals surface area contributed by atoms with E-state index in [2.05, 4.69) is 15.5 Å². The Balaban J connectivity index is 1.38. The summed E-state index contributed by atoms with van der Waals surface area (Å²) >= 11 is 0. The summed E-state index contributed by atoms with van der Waals surface area (Å²) in [6, 6.07) is 18.5. The van der Waals surface area contributed by atoms with Crippen LogP contribution in [0.3, 0.4) is 0 Å². The van der Waals surface area contributed by atoms with E-state index in [1.54, 1.807) is 42.5 Å². The van der Waals surface area contributed by atoms with Crippen LogP contribution in [0.15, 0.2) is 82.2 Å². The minimum absolute atomic E-state index is 0.0373. The molecule has 0 saturated heterocycles. The third-order valence-corrected chi connectivity index (χ3v) is 6.81. The molecule has 0 aliphatic heterocycles. The zero-order chi connectivity index (χ0) is 25.3.